The maximum Gasteiger partial charge on any atom is 0.305 e. The number of carboxylic acids is 1. The summed E-state index contributed by atoms with van der Waals surface area (Å²) in [5.41, 5.74) is 0.0665. The Morgan fingerprint density at radius 1 is 1.26 bits per heavy atom. The summed E-state index contributed by atoms with van der Waals surface area (Å²) < 4.78 is 23.5. The van der Waals surface area contributed by atoms with Gasteiger partial charge in [0.05, 0.1) is 16.9 Å². The van der Waals surface area contributed by atoms with E-state index >= 15 is 0 Å². The third-order valence-corrected chi connectivity index (χ3v) is 5.52. The van der Waals surface area contributed by atoms with Crippen LogP contribution >= 0.6 is 0 Å². The van der Waals surface area contributed by atoms with Gasteiger partial charge in [0.1, 0.15) is 0 Å². The Morgan fingerprint density at radius 3 is 2.39 bits per heavy atom. The van der Waals surface area contributed by atoms with Gasteiger partial charge < -0.3 is 10.4 Å². The Morgan fingerprint density at radius 2 is 1.87 bits per heavy atom. The number of amides is 1. The molecule has 1 saturated carbocycles. The highest BCUT2D eigenvalue weighted by Gasteiger charge is 2.37. The van der Waals surface area contributed by atoms with E-state index in [1.807, 2.05) is 0 Å². The van der Waals surface area contributed by atoms with Crippen molar-refractivity contribution in [3.05, 3.63) is 29.3 Å². The van der Waals surface area contributed by atoms with Crippen molar-refractivity contribution in [2.45, 2.75) is 49.5 Å². The molecule has 1 aromatic carbocycles. The monoisotopic (exact) mass is 339 g/mol. The second kappa shape index (κ2) is 6.31. The first-order valence-electron chi connectivity index (χ1n) is 7.48. The van der Waals surface area contributed by atoms with Gasteiger partial charge in [0.15, 0.2) is 9.84 Å². The standard InChI is InChI=1S/C16H21NO5S/c1-11-5-6-12(9-13(11)23(2,21)22)15(20)17-16(10-14(18)19)7-3-4-8-16/h5-6,9H,3-4,7-8,10H2,1-2H3,(H,17,20)(H,18,19). The Labute approximate surface area is 135 Å². The average Bonchev–Trinajstić information content (AvgIpc) is 2.84. The lowest BCUT2D eigenvalue weighted by atomic mass is 9.92. The zero-order chi connectivity index (χ0) is 17.3. The predicted octanol–water partition coefficient (Wildman–Crippen LogP) is 1.92. The molecule has 1 aromatic rings. The van der Waals surface area contributed by atoms with E-state index in [0.29, 0.717) is 18.4 Å². The van der Waals surface area contributed by atoms with Crippen LogP contribution in [0.15, 0.2) is 23.1 Å². The topological polar surface area (TPSA) is 101 Å². The SMILES string of the molecule is Cc1ccc(C(=O)NC2(CC(=O)O)CCCC2)cc1S(C)(=O)=O. The molecule has 1 aliphatic rings. The van der Waals surface area contributed by atoms with E-state index in [4.69, 9.17) is 5.11 Å². The molecule has 0 spiro atoms. The van der Waals surface area contributed by atoms with Crippen LogP contribution in [0.4, 0.5) is 0 Å². The van der Waals surface area contributed by atoms with E-state index in [-0.39, 0.29) is 16.9 Å². The van der Waals surface area contributed by atoms with Crippen molar-refractivity contribution >= 4 is 21.7 Å². The number of carbonyl (C=O) groups excluding carboxylic acids is 1. The Kier molecular flexibility index (Phi) is 4.79. The molecule has 2 rings (SSSR count). The number of carbonyl (C=O) groups is 2. The van der Waals surface area contributed by atoms with Gasteiger partial charge in [-0.25, -0.2) is 8.42 Å². The van der Waals surface area contributed by atoms with Gasteiger partial charge in [0.2, 0.25) is 0 Å². The maximum absolute atomic E-state index is 12.5. The molecule has 1 fully saturated rings. The molecule has 1 amide bonds. The molecular formula is C16H21NO5S. The van der Waals surface area contributed by atoms with Gasteiger partial charge in [-0.1, -0.05) is 18.9 Å². The predicted molar refractivity (Wildman–Crippen MR) is 85.2 cm³/mol. The minimum atomic E-state index is -3.43. The number of hydrogen-bond acceptors (Lipinski definition) is 4. The summed E-state index contributed by atoms with van der Waals surface area (Å²) in [6.07, 6.45) is 3.96. The fourth-order valence-corrected chi connectivity index (χ4v) is 4.13. The summed E-state index contributed by atoms with van der Waals surface area (Å²) in [5.74, 6) is -1.38. The summed E-state index contributed by atoms with van der Waals surface area (Å²) in [5, 5.41) is 11.9. The highest BCUT2D eigenvalue weighted by molar-refractivity contribution is 7.90. The van der Waals surface area contributed by atoms with Crippen LogP contribution in [0, 0.1) is 6.92 Å². The molecule has 0 unspecified atom stereocenters. The van der Waals surface area contributed by atoms with E-state index in [9.17, 15) is 18.0 Å². The lowest BCUT2D eigenvalue weighted by molar-refractivity contribution is -0.138. The number of aryl methyl sites for hydroxylation is 1. The van der Waals surface area contributed by atoms with E-state index < -0.39 is 27.3 Å². The molecule has 23 heavy (non-hydrogen) atoms. The van der Waals surface area contributed by atoms with E-state index in [1.165, 1.54) is 6.07 Å². The highest BCUT2D eigenvalue weighted by atomic mass is 32.2. The number of aliphatic carboxylic acids is 1. The third-order valence-electron chi connectivity index (χ3n) is 4.28. The number of hydrogen-bond donors (Lipinski definition) is 2. The number of carboxylic acid groups (broad SMARTS) is 1. The zero-order valence-corrected chi connectivity index (χ0v) is 14.1. The number of rotatable bonds is 5. The summed E-state index contributed by atoms with van der Waals surface area (Å²) in [7, 11) is -3.43. The summed E-state index contributed by atoms with van der Waals surface area (Å²) in [6, 6.07) is 4.50. The van der Waals surface area contributed by atoms with Crippen LogP contribution in [-0.2, 0) is 14.6 Å². The quantitative estimate of drug-likeness (QED) is 0.853. The van der Waals surface area contributed by atoms with Crippen LogP contribution in [0.5, 0.6) is 0 Å². The first-order chi connectivity index (χ1) is 10.6. The lowest BCUT2D eigenvalue weighted by Crippen LogP contribution is -2.47. The second-order valence-corrected chi connectivity index (χ2v) is 8.25. The molecule has 6 nitrogen and oxygen atoms in total. The van der Waals surface area contributed by atoms with Crippen molar-refractivity contribution in [2.75, 3.05) is 6.26 Å². The zero-order valence-electron chi connectivity index (χ0n) is 13.3. The molecule has 126 valence electrons. The molecule has 1 aliphatic carbocycles. The lowest BCUT2D eigenvalue weighted by Gasteiger charge is -2.28. The minimum Gasteiger partial charge on any atom is -0.481 e. The van der Waals surface area contributed by atoms with Crippen molar-refractivity contribution in [2.24, 2.45) is 0 Å². The van der Waals surface area contributed by atoms with Gasteiger partial charge in [-0.2, -0.15) is 0 Å². The van der Waals surface area contributed by atoms with Crippen molar-refractivity contribution < 1.29 is 23.1 Å². The minimum absolute atomic E-state index is 0.115. The molecule has 0 radical (unpaired) electrons. The highest BCUT2D eigenvalue weighted by Crippen LogP contribution is 2.33. The second-order valence-electron chi connectivity index (χ2n) is 6.26. The number of nitrogens with one attached hydrogen (secondary N) is 1. The van der Waals surface area contributed by atoms with Gasteiger partial charge in [-0.3, -0.25) is 9.59 Å². The average molecular weight is 339 g/mol. The molecule has 0 aromatic heterocycles. The van der Waals surface area contributed by atoms with Gasteiger partial charge in [-0.05, 0) is 37.5 Å². The molecule has 0 aliphatic heterocycles. The van der Waals surface area contributed by atoms with Crippen LogP contribution in [0.3, 0.4) is 0 Å². The molecule has 0 bridgehead atoms. The molecule has 0 heterocycles. The van der Waals surface area contributed by atoms with Crippen LogP contribution in [0.1, 0.15) is 48.0 Å². The first kappa shape index (κ1) is 17.5. The van der Waals surface area contributed by atoms with Crippen molar-refractivity contribution in [3.8, 4) is 0 Å². The number of sulfone groups is 1. The molecule has 2 N–H and O–H groups in total. The number of benzene rings is 1. The fourth-order valence-electron chi connectivity index (χ4n) is 3.14. The van der Waals surface area contributed by atoms with E-state index in [2.05, 4.69) is 5.32 Å². The Hall–Kier alpha value is -1.89. The maximum atomic E-state index is 12.5. The Balaban J connectivity index is 2.28. The van der Waals surface area contributed by atoms with Gasteiger partial charge in [0.25, 0.3) is 5.91 Å². The van der Waals surface area contributed by atoms with Crippen molar-refractivity contribution in [1.29, 1.82) is 0 Å². The summed E-state index contributed by atoms with van der Waals surface area (Å²) in [6.45, 7) is 1.67. The molecular weight excluding hydrogens is 318 g/mol. The van der Waals surface area contributed by atoms with Gasteiger partial charge in [-0.15, -0.1) is 0 Å². The van der Waals surface area contributed by atoms with Gasteiger partial charge >= 0.3 is 5.97 Å². The van der Waals surface area contributed by atoms with Gasteiger partial charge in [0, 0.05) is 11.8 Å². The largest absolute Gasteiger partial charge is 0.481 e. The van der Waals surface area contributed by atoms with Crippen LogP contribution < -0.4 is 5.32 Å². The first-order valence-corrected chi connectivity index (χ1v) is 9.37. The molecule has 7 heteroatoms. The van der Waals surface area contributed by atoms with E-state index in [0.717, 1.165) is 19.1 Å². The van der Waals surface area contributed by atoms with Crippen molar-refractivity contribution in [3.63, 3.8) is 0 Å². The van der Waals surface area contributed by atoms with Crippen LogP contribution in [0.2, 0.25) is 0 Å². The third kappa shape index (κ3) is 4.10. The van der Waals surface area contributed by atoms with E-state index in [1.54, 1.807) is 19.1 Å². The smallest absolute Gasteiger partial charge is 0.305 e. The van der Waals surface area contributed by atoms with Crippen molar-refractivity contribution in [1.82, 2.24) is 5.32 Å². The fraction of sp³-hybridized carbons (Fsp3) is 0.500. The molecule has 0 saturated heterocycles. The summed E-state index contributed by atoms with van der Waals surface area (Å²) in [4.78, 5) is 23.7. The molecule has 0 atom stereocenters. The Bertz CT molecular complexity index is 733. The normalized spacial score (nSPS) is 17.0. The van der Waals surface area contributed by atoms with Crippen LogP contribution in [0.25, 0.3) is 0 Å². The summed E-state index contributed by atoms with van der Waals surface area (Å²) >= 11 is 0. The van der Waals surface area contributed by atoms with Crippen LogP contribution in [-0.4, -0.2) is 37.2 Å².